The Kier molecular flexibility index (Phi) is 4.09. The molecule has 0 saturated carbocycles. The Bertz CT molecular complexity index is 430. The van der Waals surface area contributed by atoms with Crippen molar-refractivity contribution >= 4 is 39.0 Å². The van der Waals surface area contributed by atoms with E-state index in [1.165, 1.54) is 6.07 Å². The van der Waals surface area contributed by atoms with E-state index in [1.54, 1.807) is 0 Å². The Morgan fingerprint density at radius 1 is 1.40 bits per heavy atom. The van der Waals surface area contributed by atoms with Crippen LogP contribution in [0.5, 0.6) is 0 Å². The molecule has 0 aliphatic carbocycles. The topological polar surface area (TPSA) is 98.0 Å². The zero-order chi connectivity index (χ0) is 11.5. The van der Waals surface area contributed by atoms with Gasteiger partial charge >= 0.3 is 0 Å². The van der Waals surface area contributed by atoms with Crippen molar-refractivity contribution in [1.82, 2.24) is 9.97 Å². The molecule has 0 saturated heterocycles. The molecule has 6 nitrogen and oxygen atoms in total. The van der Waals surface area contributed by atoms with Gasteiger partial charge in [-0.2, -0.15) is 0 Å². The first-order chi connectivity index (χ1) is 6.87. The molecule has 84 valence electrons. The van der Waals surface area contributed by atoms with E-state index in [0.29, 0.717) is 5.82 Å². The number of hydrogen-bond acceptors (Lipinski definition) is 5. The van der Waals surface area contributed by atoms with Crippen molar-refractivity contribution in [2.45, 2.75) is 0 Å². The second kappa shape index (κ2) is 4.93. The van der Waals surface area contributed by atoms with Gasteiger partial charge in [-0.1, -0.05) is 11.6 Å². The lowest BCUT2D eigenvalue weighted by atomic mass is 10.5. The minimum Gasteiger partial charge on any atom is -0.369 e. The average molecular weight is 271 g/mol. The molecule has 1 rings (SSSR count). The third kappa shape index (κ3) is 5.12. The van der Waals surface area contributed by atoms with Gasteiger partial charge in [-0.15, -0.1) is 0 Å². The highest BCUT2D eigenvalue weighted by Gasteiger charge is 2.04. The summed E-state index contributed by atoms with van der Waals surface area (Å²) >= 11 is 11.1. The molecule has 1 heterocycles. The second-order valence-electron chi connectivity index (χ2n) is 2.64. The van der Waals surface area contributed by atoms with Crippen LogP contribution in [0.1, 0.15) is 0 Å². The third-order valence-corrected chi connectivity index (χ3v) is 2.50. The summed E-state index contributed by atoms with van der Waals surface area (Å²) in [5.41, 5.74) is 0. The maximum atomic E-state index is 10.6. The van der Waals surface area contributed by atoms with Gasteiger partial charge < -0.3 is 5.32 Å². The highest BCUT2D eigenvalue weighted by atomic mass is 35.5. The normalized spacial score (nSPS) is 11.4. The Morgan fingerprint density at radius 2 is 2.07 bits per heavy atom. The molecule has 0 atom stereocenters. The standard InChI is InChI=1S/C6H8Cl2N4O2S/c7-4-3-5(12-6(8)11-4)10-1-2-15(9,13)14/h3H,1-2H2,(H2,9,13,14)(H,10,11,12). The van der Waals surface area contributed by atoms with Crippen LogP contribution in [0, 0.1) is 0 Å². The summed E-state index contributed by atoms with van der Waals surface area (Å²) in [7, 11) is -3.49. The van der Waals surface area contributed by atoms with Crippen molar-refractivity contribution in [1.29, 1.82) is 0 Å². The molecule has 0 spiro atoms. The lowest BCUT2D eigenvalue weighted by Gasteiger charge is -2.04. The van der Waals surface area contributed by atoms with Crippen LogP contribution in [0.2, 0.25) is 10.4 Å². The van der Waals surface area contributed by atoms with E-state index >= 15 is 0 Å². The highest BCUT2D eigenvalue weighted by Crippen LogP contribution is 2.13. The minimum absolute atomic E-state index is 0.0133. The number of rotatable bonds is 4. The number of sulfonamides is 1. The molecule has 0 fully saturated rings. The maximum absolute atomic E-state index is 10.6. The number of nitrogens with zero attached hydrogens (tertiary/aromatic N) is 2. The van der Waals surface area contributed by atoms with Gasteiger partial charge in [0.25, 0.3) is 0 Å². The second-order valence-corrected chi connectivity index (χ2v) is 5.10. The fourth-order valence-electron chi connectivity index (χ4n) is 0.802. The van der Waals surface area contributed by atoms with E-state index in [9.17, 15) is 8.42 Å². The minimum atomic E-state index is -3.49. The largest absolute Gasteiger partial charge is 0.369 e. The molecule has 15 heavy (non-hydrogen) atoms. The molecule has 1 aromatic rings. The molecule has 3 N–H and O–H groups in total. The Labute approximate surface area is 96.9 Å². The van der Waals surface area contributed by atoms with Crippen LogP contribution < -0.4 is 10.5 Å². The number of primary sulfonamides is 1. The van der Waals surface area contributed by atoms with E-state index in [1.807, 2.05) is 0 Å². The highest BCUT2D eigenvalue weighted by molar-refractivity contribution is 7.89. The average Bonchev–Trinajstić information content (AvgIpc) is 1.99. The van der Waals surface area contributed by atoms with Crippen LogP contribution in [0.15, 0.2) is 6.07 Å². The number of nitrogens with one attached hydrogen (secondary N) is 1. The first-order valence-electron chi connectivity index (χ1n) is 3.81. The molecule has 0 radical (unpaired) electrons. The summed E-state index contributed by atoms with van der Waals surface area (Å²) in [6.45, 7) is 0.127. The van der Waals surface area contributed by atoms with Crippen molar-refractivity contribution in [3.8, 4) is 0 Å². The van der Waals surface area contributed by atoms with Gasteiger partial charge in [-0.25, -0.2) is 23.5 Å². The molecule has 0 bridgehead atoms. The van der Waals surface area contributed by atoms with E-state index in [2.05, 4.69) is 15.3 Å². The van der Waals surface area contributed by atoms with Crippen molar-refractivity contribution in [2.75, 3.05) is 17.6 Å². The van der Waals surface area contributed by atoms with E-state index < -0.39 is 10.0 Å². The van der Waals surface area contributed by atoms with Crippen LogP contribution in [0.4, 0.5) is 5.82 Å². The Hall–Kier alpha value is -0.630. The van der Waals surface area contributed by atoms with Crippen LogP contribution in [-0.2, 0) is 10.0 Å². The fourth-order valence-corrected chi connectivity index (χ4v) is 1.60. The van der Waals surface area contributed by atoms with Gasteiger partial charge in [0.1, 0.15) is 11.0 Å². The Morgan fingerprint density at radius 3 is 2.60 bits per heavy atom. The van der Waals surface area contributed by atoms with Crippen LogP contribution >= 0.6 is 23.2 Å². The molecule has 0 unspecified atom stereocenters. The van der Waals surface area contributed by atoms with Crippen molar-refractivity contribution in [3.05, 3.63) is 16.5 Å². The predicted octanol–water partition coefficient (Wildman–Crippen LogP) is 0.484. The lowest BCUT2D eigenvalue weighted by molar-refractivity contribution is 0.598. The van der Waals surface area contributed by atoms with Gasteiger partial charge in [0.05, 0.1) is 5.75 Å². The summed E-state index contributed by atoms with van der Waals surface area (Å²) in [5.74, 6) is 0.148. The summed E-state index contributed by atoms with van der Waals surface area (Å²) in [6.07, 6.45) is 0. The number of halogens is 2. The summed E-state index contributed by atoms with van der Waals surface area (Å²) in [6, 6.07) is 1.43. The van der Waals surface area contributed by atoms with Crippen LogP contribution in [-0.4, -0.2) is 30.7 Å². The SMILES string of the molecule is NS(=O)(=O)CCNc1cc(Cl)nc(Cl)n1. The molecule has 0 amide bonds. The number of hydrogen-bond donors (Lipinski definition) is 2. The number of nitrogens with two attached hydrogens (primary N) is 1. The third-order valence-electron chi connectivity index (χ3n) is 1.36. The zero-order valence-electron chi connectivity index (χ0n) is 7.44. The quantitative estimate of drug-likeness (QED) is 0.613. The first kappa shape index (κ1) is 12.4. The summed E-state index contributed by atoms with van der Waals surface area (Å²) in [4.78, 5) is 7.40. The van der Waals surface area contributed by atoms with Gasteiger partial charge in [-0.05, 0) is 11.6 Å². The smallest absolute Gasteiger partial charge is 0.225 e. The van der Waals surface area contributed by atoms with Crippen molar-refractivity contribution < 1.29 is 8.42 Å². The molecule has 9 heteroatoms. The monoisotopic (exact) mass is 270 g/mol. The fraction of sp³-hybridized carbons (Fsp3) is 0.333. The van der Waals surface area contributed by atoms with Crippen molar-refractivity contribution in [2.24, 2.45) is 5.14 Å². The summed E-state index contributed by atoms with van der Waals surface area (Å²) < 4.78 is 21.2. The molecule has 0 aliphatic heterocycles. The van der Waals surface area contributed by atoms with Gasteiger partial charge in [-0.3, -0.25) is 0 Å². The van der Waals surface area contributed by atoms with E-state index in [4.69, 9.17) is 28.3 Å². The Balaban J connectivity index is 2.58. The van der Waals surface area contributed by atoms with Crippen molar-refractivity contribution in [3.63, 3.8) is 0 Å². The van der Waals surface area contributed by atoms with Gasteiger partial charge in [0.15, 0.2) is 0 Å². The van der Waals surface area contributed by atoms with Crippen LogP contribution in [0.25, 0.3) is 0 Å². The number of aromatic nitrogens is 2. The zero-order valence-corrected chi connectivity index (χ0v) is 9.77. The van der Waals surface area contributed by atoms with E-state index in [-0.39, 0.29) is 22.7 Å². The molecular formula is C6H8Cl2N4O2S. The molecule has 0 aromatic carbocycles. The number of anilines is 1. The molecular weight excluding hydrogens is 263 g/mol. The van der Waals surface area contributed by atoms with Gasteiger partial charge in [0, 0.05) is 12.6 Å². The molecule has 0 aliphatic rings. The summed E-state index contributed by atoms with van der Waals surface area (Å²) in [5, 5.41) is 7.67. The van der Waals surface area contributed by atoms with Crippen LogP contribution in [0.3, 0.4) is 0 Å². The first-order valence-corrected chi connectivity index (χ1v) is 6.28. The van der Waals surface area contributed by atoms with E-state index in [0.717, 1.165) is 0 Å². The van der Waals surface area contributed by atoms with Gasteiger partial charge in [0.2, 0.25) is 15.3 Å². The predicted molar refractivity (Wildman–Crippen MR) is 58.5 cm³/mol. The molecule has 1 aromatic heterocycles. The maximum Gasteiger partial charge on any atom is 0.225 e. The lowest BCUT2D eigenvalue weighted by Crippen LogP contribution is -2.22.